The third-order valence-electron chi connectivity index (χ3n) is 2.26. The van der Waals surface area contributed by atoms with E-state index in [9.17, 15) is 4.39 Å². The first-order valence-corrected chi connectivity index (χ1v) is 5.19. The predicted molar refractivity (Wildman–Crippen MR) is 59.3 cm³/mol. The Morgan fingerprint density at radius 1 is 1.56 bits per heavy atom. The molecule has 3 nitrogen and oxygen atoms in total. The second kappa shape index (κ2) is 5.47. The van der Waals surface area contributed by atoms with E-state index in [-0.39, 0.29) is 6.04 Å². The van der Waals surface area contributed by atoms with Gasteiger partial charge in [0.25, 0.3) is 0 Å². The Morgan fingerprint density at radius 3 is 2.69 bits per heavy atom. The van der Waals surface area contributed by atoms with Crippen molar-refractivity contribution in [2.45, 2.75) is 32.4 Å². The van der Waals surface area contributed by atoms with E-state index in [1.807, 2.05) is 13.0 Å². The molecule has 0 radical (unpaired) electrons. The number of rotatable bonds is 4. The van der Waals surface area contributed by atoms with Crippen molar-refractivity contribution in [1.29, 1.82) is 5.26 Å². The molecule has 0 aliphatic rings. The van der Waals surface area contributed by atoms with Crippen molar-refractivity contribution >= 4 is 0 Å². The smallest absolute Gasteiger partial charge is 0.184 e. The van der Waals surface area contributed by atoms with Gasteiger partial charge in [-0.25, -0.2) is 4.39 Å². The molecule has 1 aromatic rings. The molecule has 86 valence electrons. The van der Waals surface area contributed by atoms with E-state index in [1.165, 1.54) is 6.07 Å². The maximum Gasteiger partial charge on any atom is 0.184 e. The highest BCUT2D eigenvalue weighted by Gasteiger charge is 2.10. The molecule has 2 atom stereocenters. The zero-order valence-electron chi connectivity index (χ0n) is 9.40. The summed E-state index contributed by atoms with van der Waals surface area (Å²) in [4.78, 5) is 0. The lowest BCUT2D eigenvalue weighted by molar-refractivity contribution is 0.250. The van der Waals surface area contributed by atoms with Crippen molar-refractivity contribution in [1.82, 2.24) is 0 Å². The van der Waals surface area contributed by atoms with Crippen LogP contribution in [0.3, 0.4) is 0 Å². The molecule has 0 saturated heterocycles. The number of ether oxygens (including phenoxy) is 1. The van der Waals surface area contributed by atoms with Crippen LogP contribution in [0.2, 0.25) is 0 Å². The summed E-state index contributed by atoms with van der Waals surface area (Å²) >= 11 is 0. The molecule has 1 rings (SSSR count). The molecule has 0 saturated carbocycles. The molecular formula is C12H15FN2O. The van der Waals surface area contributed by atoms with Gasteiger partial charge in [0.1, 0.15) is 17.6 Å². The minimum atomic E-state index is -0.541. The lowest BCUT2D eigenvalue weighted by atomic mass is 10.1. The van der Waals surface area contributed by atoms with E-state index >= 15 is 0 Å². The molecule has 0 aromatic heterocycles. The van der Waals surface area contributed by atoms with Gasteiger partial charge in [0.15, 0.2) is 6.10 Å². The average molecular weight is 222 g/mol. The second-order valence-corrected chi connectivity index (χ2v) is 3.62. The predicted octanol–water partition coefficient (Wildman–Crippen LogP) is 2.53. The highest BCUT2D eigenvalue weighted by atomic mass is 19.1. The largest absolute Gasteiger partial charge is 0.475 e. The highest BCUT2D eigenvalue weighted by Crippen LogP contribution is 2.21. The van der Waals surface area contributed by atoms with Gasteiger partial charge in [-0.2, -0.15) is 5.26 Å². The lowest BCUT2D eigenvalue weighted by Crippen LogP contribution is -2.13. The Kier molecular flexibility index (Phi) is 4.27. The number of nitrogens with two attached hydrogens (primary N) is 1. The molecule has 1 unspecified atom stereocenters. The number of hydrogen-bond donors (Lipinski definition) is 1. The molecule has 0 fully saturated rings. The van der Waals surface area contributed by atoms with Crippen LogP contribution >= 0.6 is 0 Å². The van der Waals surface area contributed by atoms with Crippen LogP contribution in [0.4, 0.5) is 4.39 Å². The summed E-state index contributed by atoms with van der Waals surface area (Å²) < 4.78 is 18.8. The third-order valence-corrected chi connectivity index (χ3v) is 2.26. The summed E-state index contributed by atoms with van der Waals surface area (Å²) in [6.07, 6.45) is 0.0215. The number of halogens is 1. The first-order chi connectivity index (χ1) is 7.58. The van der Waals surface area contributed by atoms with Crippen LogP contribution in [0.1, 0.15) is 31.9 Å². The van der Waals surface area contributed by atoms with Crippen molar-refractivity contribution in [2.24, 2.45) is 5.73 Å². The first kappa shape index (κ1) is 12.5. The Bertz CT molecular complexity index is 398. The fraction of sp³-hybridized carbons (Fsp3) is 0.417. The van der Waals surface area contributed by atoms with Gasteiger partial charge >= 0.3 is 0 Å². The number of nitrogens with zero attached hydrogens (tertiary/aromatic N) is 1. The van der Waals surface area contributed by atoms with E-state index in [2.05, 4.69) is 0 Å². The quantitative estimate of drug-likeness (QED) is 0.851. The topological polar surface area (TPSA) is 59.0 Å². The van der Waals surface area contributed by atoms with Gasteiger partial charge in [0.2, 0.25) is 0 Å². The SMILES string of the molecule is CCC(C#N)Oc1ccc([C@@H](C)N)c(F)c1. The molecule has 16 heavy (non-hydrogen) atoms. The van der Waals surface area contributed by atoms with Crippen LogP contribution < -0.4 is 10.5 Å². The van der Waals surface area contributed by atoms with Crippen molar-refractivity contribution in [3.8, 4) is 11.8 Å². The minimum absolute atomic E-state index is 0.355. The van der Waals surface area contributed by atoms with Gasteiger partial charge in [0, 0.05) is 17.7 Å². The summed E-state index contributed by atoms with van der Waals surface area (Å²) in [6, 6.07) is 6.11. The number of benzene rings is 1. The van der Waals surface area contributed by atoms with Gasteiger partial charge in [-0.1, -0.05) is 13.0 Å². The van der Waals surface area contributed by atoms with Crippen molar-refractivity contribution in [3.63, 3.8) is 0 Å². The number of nitriles is 1. The summed E-state index contributed by atoms with van der Waals surface area (Å²) in [5.41, 5.74) is 6.03. The second-order valence-electron chi connectivity index (χ2n) is 3.62. The molecule has 0 spiro atoms. The number of hydrogen-bond acceptors (Lipinski definition) is 3. The van der Waals surface area contributed by atoms with E-state index in [1.54, 1.807) is 19.1 Å². The molecule has 2 N–H and O–H groups in total. The van der Waals surface area contributed by atoms with Gasteiger partial charge in [-0.05, 0) is 19.4 Å². The molecule has 1 aromatic carbocycles. The van der Waals surface area contributed by atoms with E-state index in [4.69, 9.17) is 15.7 Å². The van der Waals surface area contributed by atoms with Crippen molar-refractivity contribution in [2.75, 3.05) is 0 Å². The third kappa shape index (κ3) is 2.94. The van der Waals surface area contributed by atoms with Crippen LogP contribution in [0.5, 0.6) is 5.75 Å². The molecule has 4 heteroatoms. The minimum Gasteiger partial charge on any atom is -0.475 e. The Balaban J connectivity index is 2.86. The summed E-state index contributed by atoms with van der Waals surface area (Å²) in [5, 5.41) is 8.71. The zero-order valence-corrected chi connectivity index (χ0v) is 9.40. The average Bonchev–Trinajstić information content (AvgIpc) is 2.25. The van der Waals surface area contributed by atoms with Crippen molar-refractivity contribution < 1.29 is 9.13 Å². The monoisotopic (exact) mass is 222 g/mol. The summed E-state index contributed by atoms with van der Waals surface area (Å²) in [7, 11) is 0. The van der Waals surface area contributed by atoms with Crippen LogP contribution in [-0.2, 0) is 0 Å². The van der Waals surface area contributed by atoms with Gasteiger partial charge in [-0.15, -0.1) is 0 Å². The lowest BCUT2D eigenvalue weighted by Gasteiger charge is -2.12. The van der Waals surface area contributed by atoms with E-state index in [0.717, 1.165) is 0 Å². The summed E-state index contributed by atoms with van der Waals surface area (Å²) in [5.74, 6) is -0.0457. The summed E-state index contributed by atoms with van der Waals surface area (Å²) in [6.45, 7) is 3.55. The molecule has 0 aliphatic carbocycles. The Morgan fingerprint density at radius 2 is 2.25 bits per heavy atom. The van der Waals surface area contributed by atoms with E-state index in [0.29, 0.717) is 17.7 Å². The molecule has 0 heterocycles. The first-order valence-electron chi connectivity index (χ1n) is 5.19. The maximum atomic E-state index is 13.5. The fourth-order valence-electron chi connectivity index (χ4n) is 1.32. The van der Waals surface area contributed by atoms with Crippen molar-refractivity contribution in [3.05, 3.63) is 29.6 Å². The van der Waals surface area contributed by atoms with Gasteiger partial charge < -0.3 is 10.5 Å². The maximum absolute atomic E-state index is 13.5. The van der Waals surface area contributed by atoms with Gasteiger partial charge in [-0.3, -0.25) is 0 Å². The molecule has 0 amide bonds. The molecule has 0 bridgehead atoms. The zero-order chi connectivity index (χ0) is 12.1. The van der Waals surface area contributed by atoms with Gasteiger partial charge in [0.05, 0.1) is 0 Å². The van der Waals surface area contributed by atoms with E-state index < -0.39 is 11.9 Å². The van der Waals surface area contributed by atoms with Crippen LogP contribution in [0.15, 0.2) is 18.2 Å². The van der Waals surface area contributed by atoms with Crippen LogP contribution in [0, 0.1) is 17.1 Å². The standard InChI is InChI=1S/C12H15FN2O/c1-3-9(7-14)16-10-4-5-11(8(2)15)12(13)6-10/h4-6,8-9H,3,15H2,1-2H3/t8-,9?/m1/s1. The van der Waals surface area contributed by atoms with Crippen LogP contribution in [-0.4, -0.2) is 6.10 Å². The van der Waals surface area contributed by atoms with Crippen LogP contribution in [0.25, 0.3) is 0 Å². The normalized spacial score (nSPS) is 13.9. The Hall–Kier alpha value is -1.60. The highest BCUT2D eigenvalue weighted by molar-refractivity contribution is 5.30. The molecular weight excluding hydrogens is 207 g/mol. The fourth-order valence-corrected chi connectivity index (χ4v) is 1.32. The molecule has 0 aliphatic heterocycles. The Labute approximate surface area is 94.6 Å².